The quantitative estimate of drug-likeness (QED) is 0.516. The number of para-hydroxylation sites is 1. The minimum atomic E-state index is -0.211. The van der Waals surface area contributed by atoms with E-state index in [1.165, 1.54) is 5.56 Å². The molecule has 0 saturated carbocycles. The lowest BCUT2D eigenvalue weighted by Gasteiger charge is -2.12. The normalized spacial score (nSPS) is 9.68. The molecule has 22 heavy (non-hydrogen) atoms. The molecule has 5 nitrogen and oxygen atoms in total. The summed E-state index contributed by atoms with van der Waals surface area (Å²) in [6, 6.07) is 17.3. The zero-order valence-electron chi connectivity index (χ0n) is 12.2. The molecule has 0 aromatic heterocycles. The third kappa shape index (κ3) is 5.41. The summed E-state index contributed by atoms with van der Waals surface area (Å²) in [6.07, 6.45) is 0. The van der Waals surface area contributed by atoms with Crippen molar-refractivity contribution in [2.75, 3.05) is 17.2 Å². The Labute approximate surface area is 135 Å². The molecule has 0 atom stereocenters. The Morgan fingerprint density at radius 1 is 0.955 bits per heavy atom. The third-order valence-electron chi connectivity index (χ3n) is 2.85. The number of carbonyl (C=O) groups is 1. The highest BCUT2D eigenvalue weighted by molar-refractivity contribution is 7.80. The van der Waals surface area contributed by atoms with Crippen LogP contribution in [-0.2, 0) is 4.79 Å². The fourth-order valence-corrected chi connectivity index (χ4v) is 1.88. The monoisotopic (exact) mass is 314 g/mol. The standard InChI is InChI=1S/C16H18N4OS/c1-12-7-9-14(10-8-12)18-16(22)20-19-15(21)11-17-13-5-3-2-4-6-13/h2-10,17H,11H2,1H3,(H,19,21)(H2,18,20,22). The number of amides is 1. The maximum absolute atomic E-state index is 11.7. The maximum Gasteiger partial charge on any atom is 0.257 e. The van der Waals surface area contributed by atoms with E-state index < -0.39 is 0 Å². The average Bonchev–Trinajstić information content (AvgIpc) is 2.54. The number of nitrogens with one attached hydrogen (secondary N) is 4. The van der Waals surface area contributed by atoms with Crippen molar-refractivity contribution in [3.63, 3.8) is 0 Å². The van der Waals surface area contributed by atoms with Gasteiger partial charge in [0, 0.05) is 11.4 Å². The van der Waals surface area contributed by atoms with Gasteiger partial charge >= 0.3 is 0 Å². The van der Waals surface area contributed by atoms with E-state index in [0.29, 0.717) is 5.11 Å². The van der Waals surface area contributed by atoms with E-state index in [-0.39, 0.29) is 12.5 Å². The summed E-state index contributed by atoms with van der Waals surface area (Å²) in [5.41, 5.74) is 8.11. The van der Waals surface area contributed by atoms with Gasteiger partial charge in [0.2, 0.25) is 0 Å². The van der Waals surface area contributed by atoms with Crippen molar-refractivity contribution in [1.82, 2.24) is 10.9 Å². The summed E-state index contributed by atoms with van der Waals surface area (Å²) in [7, 11) is 0. The predicted octanol–water partition coefficient (Wildman–Crippen LogP) is 2.42. The van der Waals surface area contributed by atoms with Crippen LogP contribution in [0.25, 0.3) is 0 Å². The van der Waals surface area contributed by atoms with Crippen LogP contribution in [0.3, 0.4) is 0 Å². The summed E-state index contributed by atoms with van der Waals surface area (Å²) in [5, 5.41) is 6.32. The molecule has 2 rings (SSSR count). The van der Waals surface area contributed by atoms with Crippen molar-refractivity contribution in [3.05, 3.63) is 60.2 Å². The van der Waals surface area contributed by atoms with Crippen molar-refractivity contribution in [2.24, 2.45) is 0 Å². The van der Waals surface area contributed by atoms with Crippen LogP contribution in [0, 0.1) is 6.92 Å². The van der Waals surface area contributed by atoms with Gasteiger partial charge in [0.25, 0.3) is 5.91 Å². The van der Waals surface area contributed by atoms with Gasteiger partial charge < -0.3 is 10.6 Å². The van der Waals surface area contributed by atoms with Crippen LogP contribution >= 0.6 is 12.2 Å². The Morgan fingerprint density at radius 3 is 2.32 bits per heavy atom. The lowest BCUT2D eigenvalue weighted by atomic mass is 10.2. The van der Waals surface area contributed by atoms with Crippen LogP contribution in [0.5, 0.6) is 0 Å². The summed E-state index contributed by atoms with van der Waals surface area (Å²) in [4.78, 5) is 11.7. The summed E-state index contributed by atoms with van der Waals surface area (Å²) in [5.74, 6) is -0.211. The molecule has 4 N–H and O–H groups in total. The van der Waals surface area contributed by atoms with E-state index in [1.807, 2.05) is 61.5 Å². The molecule has 2 aromatic carbocycles. The molecule has 6 heteroatoms. The number of hydrogen-bond acceptors (Lipinski definition) is 3. The molecule has 0 bridgehead atoms. The molecule has 0 aliphatic heterocycles. The van der Waals surface area contributed by atoms with Crippen LogP contribution in [0.4, 0.5) is 11.4 Å². The molecule has 0 aliphatic rings. The van der Waals surface area contributed by atoms with Gasteiger partial charge in [0.1, 0.15) is 0 Å². The molecule has 0 radical (unpaired) electrons. The van der Waals surface area contributed by atoms with Crippen LogP contribution in [-0.4, -0.2) is 17.6 Å². The topological polar surface area (TPSA) is 65.2 Å². The Balaban J connectivity index is 1.69. The molecule has 1 amide bonds. The highest BCUT2D eigenvalue weighted by Gasteiger charge is 2.02. The number of benzene rings is 2. The van der Waals surface area contributed by atoms with E-state index in [2.05, 4.69) is 21.5 Å². The van der Waals surface area contributed by atoms with Crippen LogP contribution in [0.2, 0.25) is 0 Å². The van der Waals surface area contributed by atoms with Gasteiger partial charge in [-0.25, -0.2) is 0 Å². The van der Waals surface area contributed by atoms with Gasteiger partial charge in [-0.1, -0.05) is 35.9 Å². The number of carbonyl (C=O) groups excluding carboxylic acids is 1. The molecular weight excluding hydrogens is 296 g/mol. The van der Waals surface area contributed by atoms with Crippen LogP contribution < -0.4 is 21.5 Å². The minimum absolute atomic E-state index is 0.157. The Kier molecular flexibility index (Phi) is 5.73. The first-order valence-corrected chi connectivity index (χ1v) is 7.26. The SMILES string of the molecule is Cc1ccc(NC(=S)NNC(=O)CNc2ccccc2)cc1. The lowest BCUT2D eigenvalue weighted by molar-refractivity contribution is -0.119. The fourth-order valence-electron chi connectivity index (χ4n) is 1.71. The van der Waals surface area contributed by atoms with Crippen LogP contribution in [0.1, 0.15) is 5.56 Å². The Morgan fingerprint density at radius 2 is 1.64 bits per heavy atom. The number of aryl methyl sites for hydroxylation is 1. The van der Waals surface area contributed by atoms with Gasteiger partial charge in [-0.2, -0.15) is 0 Å². The summed E-state index contributed by atoms with van der Waals surface area (Å²) < 4.78 is 0. The maximum atomic E-state index is 11.7. The van der Waals surface area contributed by atoms with Crippen molar-refractivity contribution < 1.29 is 4.79 Å². The van der Waals surface area contributed by atoms with E-state index in [1.54, 1.807) is 0 Å². The molecule has 0 fully saturated rings. The smallest absolute Gasteiger partial charge is 0.257 e. The first-order valence-electron chi connectivity index (χ1n) is 6.85. The average molecular weight is 314 g/mol. The van der Waals surface area contributed by atoms with E-state index in [0.717, 1.165) is 11.4 Å². The highest BCUT2D eigenvalue weighted by atomic mass is 32.1. The third-order valence-corrected chi connectivity index (χ3v) is 3.06. The van der Waals surface area contributed by atoms with Gasteiger partial charge in [-0.15, -0.1) is 0 Å². The number of anilines is 2. The summed E-state index contributed by atoms with van der Waals surface area (Å²) in [6.45, 7) is 2.17. The number of hydrazine groups is 1. The molecule has 2 aromatic rings. The number of rotatable bonds is 4. The first-order chi connectivity index (χ1) is 10.6. The Hall–Kier alpha value is -2.60. The van der Waals surface area contributed by atoms with Gasteiger partial charge in [0.15, 0.2) is 5.11 Å². The number of hydrogen-bond donors (Lipinski definition) is 4. The molecular formula is C16H18N4OS. The molecule has 0 unspecified atom stereocenters. The van der Waals surface area contributed by atoms with Gasteiger partial charge in [-0.3, -0.25) is 15.6 Å². The second-order valence-corrected chi connectivity index (χ2v) is 5.12. The van der Waals surface area contributed by atoms with Crippen molar-refractivity contribution >= 4 is 34.6 Å². The van der Waals surface area contributed by atoms with E-state index >= 15 is 0 Å². The largest absolute Gasteiger partial charge is 0.376 e. The highest BCUT2D eigenvalue weighted by Crippen LogP contribution is 2.08. The van der Waals surface area contributed by atoms with Crippen LogP contribution in [0.15, 0.2) is 54.6 Å². The molecule has 0 heterocycles. The van der Waals surface area contributed by atoms with Crippen molar-refractivity contribution in [1.29, 1.82) is 0 Å². The Bertz CT molecular complexity index is 628. The molecule has 0 spiro atoms. The zero-order valence-corrected chi connectivity index (χ0v) is 13.0. The second-order valence-electron chi connectivity index (χ2n) is 4.71. The van der Waals surface area contributed by atoms with E-state index in [4.69, 9.17) is 12.2 Å². The van der Waals surface area contributed by atoms with Gasteiger partial charge in [-0.05, 0) is 43.4 Å². The van der Waals surface area contributed by atoms with Gasteiger partial charge in [0.05, 0.1) is 6.54 Å². The molecule has 0 saturated heterocycles. The van der Waals surface area contributed by atoms with Crippen molar-refractivity contribution in [3.8, 4) is 0 Å². The minimum Gasteiger partial charge on any atom is -0.376 e. The van der Waals surface area contributed by atoms with E-state index in [9.17, 15) is 4.79 Å². The molecule has 0 aliphatic carbocycles. The number of thiocarbonyl (C=S) groups is 1. The first kappa shape index (κ1) is 15.8. The zero-order chi connectivity index (χ0) is 15.8. The van der Waals surface area contributed by atoms with Crippen molar-refractivity contribution in [2.45, 2.75) is 6.92 Å². The fraction of sp³-hybridized carbons (Fsp3) is 0.125. The summed E-state index contributed by atoms with van der Waals surface area (Å²) >= 11 is 5.11. The predicted molar refractivity (Wildman–Crippen MR) is 93.6 cm³/mol. The molecule has 114 valence electrons. The lowest BCUT2D eigenvalue weighted by Crippen LogP contribution is -2.45. The second kappa shape index (κ2) is 7.99.